The molecule has 4 saturated heterocycles. The fourth-order valence-corrected chi connectivity index (χ4v) is 8.79. The second-order valence-electron chi connectivity index (χ2n) is 19.3. The van der Waals surface area contributed by atoms with Gasteiger partial charge in [0.2, 0.25) is 0 Å². The molecule has 0 radical (unpaired) electrons. The Balaban J connectivity index is 0.000000277. The molecule has 0 unspecified atom stereocenters. The third kappa shape index (κ3) is 16.2. The van der Waals surface area contributed by atoms with Crippen LogP contribution in [-0.2, 0) is 32.2 Å². The van der Waals surface area contributed by atoms with Gasteiger partial charge in [-0.3, -0.25) is 29.2 Å². The van der Waals surface area contributed by atoms with E-state index >= 15 is 0 Å². The van der Waals surface area contributed by atoms with E-state index in [1.54, 1.807) is 0 Å². The SMILES string of the molecule is Cc1ccc(CN2CCN(C(=O)OC(C)(C)C)CC2)c(C2CCN(CC(=O)OC(C)(C)C)CC2)c1.Cc1ccc(CN2CCNCC2)c(C2CCN(CC(=O)O)CC2)c1.Cl. The van der Waals surface area contributed by atoms with Gasteiger partial charge in [0.15, 0.2) is 0 Å². The predicted molar refractivity (Wildman–Crippen MR) is 241 cm³/mol. The number of likely N-dealkylation sites (tertiary alicyclic amines) is 2. The summed E-state index contributed by atoms with van der Waals surface area (Å²) in [6.45, 7) is 29.3. The summed E-state index contributed by atoms with van der Waals surface area (Å²) in [5, 5.41) is 12.4. The molecular weight excluding hydrogens is 780 g/mol. The van der Waals surface area contributed by atoms with Crippen molar-refractivity contribution in [3.05, 3.63) is 69.8 Å². The number of carbonyl (C=O) groups excluding carboxylic acids is 2. The highest BCUT2D eigenvalue weighted by atomic mass is 35.5. The van der Waals surface area contributed by atoms with E-state index in [1.807, 2.05) is 46.4 Å². The summed E-state index contributed by atoms with van der Waals surface area (Å²) in [4.78, 5) is 46.6. The van der Waals surface area contributed by atoms with Crippen molar-refractivity contribution in [3.63, 3.8) is 0 Å². The quantitative estimate of drug-likeness (QED) is 0.250. The summed E-state index contributed by atoms with van der Waals surface area (Å²) in [6, 6.07) is 13.7. The van der Waals surface area contributed by atoms with Gasteiger partial charge in [-0.05, 0) is 141 Å². The standard InChI is InChI=1S/C28H45N3O4.C19H29N3O2.ClH/c1-21-8-9-23(19-30-14-16-31(17-15-30)26(33)35-28(5,6)7)24(18-21)22-10-12-29(13-11-22)20-25(32)34-27(2,3)4;1-15-2-3-17(13-22-10-6-20-7-11-22)18(12-15)16-4-8-21(9-5-16)14-19(23)24;/h8-9,18,22H,10-17,19-20H2,1-7H3;2-3,12,16,20H,4-11,13-14H2,1H3,(H,23,24);1H. The summed E-state index contributed by atoms with van der Waals surface area (Å²) in [6.07, 6.45) is 4.00. The van der Waals surface area contributed by atoms with E-state index in [2.05, 4.69) is 75.2 Å². The minimum Gasteiger partial charge on any atom is -0.480 e. The van der Waals surface area contributed by atoms with Gasteiger partial charge in [-0.2, -0.15) is 0 Å². The zero-order valence-corrected chi connectivity index (χ0v) is 38.7. The molecule has 1 amide bonds. The van der Waals surface area contributed by atoms with Crippen LogP contribution in [0.2, 0.25) is 0 Å². The first-order valence-corrected chi connectivity index (χ1v) is 22.1. The first kappa shape index (κ1) is 49.4. The number of halogens is 1. The lowest BCUT2D eigenvalue weighted by Crippen LogP contribution is -2.49. The van der Waals surface area contributed by atoms with Crippen LogP contribution >= 0.6 is 12.4 Å². The van der Waals surface area contributed by atoms with Crippen molar-refractivity contribution in [1.29, 1.82) is 0 Å². The Kier molecular flexibility index (Phi) is 18.7. The number of aryl methyl sites for hydroxylation is 2. The van der Waals surface area contributed by atoms with Gasteiger partial charge in [0.25, 0.3) is 0 Å². The van der Waals surface area contributed by atoms with E-state index in [0.29, 0.717) is 31.5 Å². The molecule has 0 bridgehead atoms. The van der Waals surface area contributed by atoms with E-state index in [0.717, 1.165) is 104 Å². The first-order valence-electron chi connectivity index (χ1n) is 22.1. The van der Waals surface area contributed by atoms with E-state index < -0.39 is 17.2 Å². The fraction of sp³-hybridized carbons (Fsp3) is 0.681. The molecule has 4 heterocycles. The smallest absolute Gasteiger partial charge is 0.410 e. The van der Waals surface area contributed by atoms with Crippen molar-refractivity contribution in [2.75, 3.05) is 91.6 Å². The topological polar surface area (TPSA) is 118 Å². The number of nitrogens with zero attached hydrogens (tertiary/aromatic N) is 5. The largest absolute Gasteiger partial charge is 0.480 e. The lowest BCUT2D eigenvalue weighted by atomic mass is 9.85. The Morgan fingerprint density at radius 2 is 1.05 bits per heavy atom. The van der Waals surface area contributed by atoms with E-state index in [9.17, 15) is 14.4 Å². The number of hydrogen-bond donors (Lipinski definition) is 2. The number of piperazine rings is 2. The van der Waals surface area contributed by atoms with Gasteiger partial charge in [0, 0.05) is 65.4 Å². The van der Waals surface area contributed by atoms with Crippen LogP contribution in [0.25, 0.3) is 0 Å². The van der Waals surface area contributed by atoms with Gasteiger partial charge in [-0.15, -0.1) is 12.4 Å². The van der Waals surface area contributed by atoms with Crippen molar-refractivity contribution in [3.8, 4) is 0 Å². The highest BCUT2D eigenvalue weighted by Gasteiger charge is 2.29. The van der Waals surface area contributed by atoms with Crippen LogP contribution in [0.5, 0.6) is 0 Å². The Labute approximate surface area is 366 Å². The summed E-state index contributed by atoms with van der Waals surface area (Å²) >= 11 is 0. The molecule has 4 aliphatic heterocycles. The third-order valence-electron chi connectivity index (χ3n) is 11.8. The van der Waals surface area contributed by atoms with Crippen molar-refractivity contribution in [1.82, 2.24) is 29.8 Å². The van der Waals surface area contributed by atoms with Crippen molar-refractivity contribution < 1.29 is 29.0 Å². The molecule has 0 atom stereocenters. The van der Waals surface area contributed by atoms with Crippen LogP contribution < -0.4 is 5.32 Å². The normalized spacial score (nSPS) is 19.5. The van der Waals surface area contributed by atoms with Crippen molar-refractivity contribution >= 4 is 30.4 Å². The van der Waals surface area contributed by atoms with Crippen LogP contribution in [0.3, 0.4) is 0 Å². The summed E-state index contributed by atoms with van der Waals surface area (Å²) in [7, 11) is 0. The Morgan fingerprint density at radius 1 is 0.617 bits per heavy atom. The number of rotatable bonds is 10. The monoisotopic (exact) mass is 855 g/mol. The number of carbonyl (C=O) groups is 3. The maximum atomic E-state index is 12.4. The highest BCUT2D eigenvalue weighted by molar-refractivity contribution is 5.85. The summed E-state index contributed by atoms with van der Waals surface area (Å²) in [5.74, 6) is 0.205. The number of carboxylic acid groups (broad SMARTS) is 1. The number of carboxylic acids is 1. The van der Waals surface area contributed by atoms with E-state index in [1.165, 1.54) is 33.4 Å². The third-order valence-corrected chi connectivity index (χ3v) is 11.8. The number of benzene rings is 2. The van der Waals surface area contributed by atoms with Crippen LogP contribution in [0, 0.1) is 13.8 Å². The molecule has 2 aromatic carbocycles. The number of nitrogens with one attached hydrogen (secondary N) is 1. The predicted octanol–water partition coefficient (Wildman–Crippen LogP) is 6.65. The van der Waals surface area contributed by atoms with Crippen molar-refractivity contribution in [2.24, 2.45) is 0 Å². The lowest BCUT2D eigenvalue weighted by Gasteiger charge is -2.37. The molecule has 0 saturated carbocycles. The molecule has 2 N–H and O–H groups in total. The average molecular weight is 856 g/mol. The Hall–Kier alpha value is -3.26. The molecule has 336 valence electrons. The number of aliphatic carboxylic acids is 1. The van der Waals surface area contributed by atoms with Crippen LogP contribution in [0.15, 0.2) is 36.4 Å². The first-order chi connectivity index (χ1) is 27.9. The van der Waals surface area contributed by atoms with E-state index in [4.69, 9.17) is 14.6 Å². The van der Waals surface area contributed by atoms with Crippen LogP contribution in [0.1, 0.15) is 112 Å². The lowest BCUT2D eigenvalue weighted by molar-refractivity contribution is -0.156. The van der Waals surface area contributed by atoms with Gasteiger partial charge < -0.3 is 24.8 Å². The number of ether oxygens (including phenoxy) is 2. The minimum absolute atomic E-state index is 0. The molecule has 0 spiro atoms. The van der Waals surface area contributed by atoms with Gasteiger partial charge in [-0.1, -0.05) is 47.5 Å². The zero-order valence-electron chi connectivity index (χ0n) is 37.9. The van der Waals surface area contributed by atoms with Gasteiger partial charge in [-0.25, -0.2) is 4.79 Å². The summed E-state index contributed by atoms with van der Waals surface area (Å²) < 4.78 is 11.0. The second-order valence-corrected chi connectivity index (χ2v) is 19.3. The Bertz CT molecular complexity index is 1680. The fourth-order valence-electron chi connectivity index (χ4n) is 8.79. The van der Waals surface area contributed by atoms with Gasteiger partial charge >= 0.3 is 18.0 Å². The minimum atomic E-state index is -0.719. The number of esters is 1. The number of piperidine rings is 2. The molecule has 4 aliphatic rings. The highest BCUT2D eigenvalue weighted by Crippen LogP contribution is 2.33. The van der Waals surface area contributed by atoms with Crippen LogP contribution in [-0.4, -0.2) is 150 Å². The molecule has 60 heavy (non-hydrogen) atoms. The maximum Gasteiger partial charge on any atom is 0.410 e. The van der Waals surface area contributed by atoms with Crippen molar-refractivity contribution in [2.45, 2.75) is 117 Å². The van der Waals surface area contributed by atoms with Crippen LogP contribution in [0.4, 0.5) is 4.79 Å². The molecule has 13 heteroatoms. The Morgan fingerprint density at radius 3 is 1.48 bits per heavy atom. The number of hydrogen-bond acceptors (Lipinski definition) is 10. The van der Waals surface area contributed by atoms with E-state index in [-0.39, 0.29) is 31.0 Å². The van der Waals surface area contributed by atoms with Gasteiger partial charge in [0.1, 0.15) is 11.2 Å². The molecule has 2 aromatic rings. The number of amides is 1. The molecule has 0 aliphatic carbocycles. The summed E-state index contributed by atoms with van der Waals surface area (Å²) in [5.41, 5.74) is 7.47. The molecular formula is C47H75ClN6O6. The molecule has 6 rings (SSSR count). The molecule has 0 aromatic heterocycles. The molecule has 12 nitrogen and oxygen atoms in total. The molecule has 4 fully saturated rings. The second kappa shape index (κ2) is 22.7. The average Bonchev–Trinajstić information content (AvgIpc) is 3.16. The van der Waals surface area contributed by atoms with Gasteiger partial charge in [0.05, 0.1) is 13.1 Å². The zero-order chi connectivity index (χ0) is 42.7. The maximum absolute atomic E-state index is 12.4.